The number of ether oxygens (including phenoxy) is 1. The lowest BCUT2D eigenvalue weighted by Gasteiger charge is -2.29. The molecular weight excluding hydrogens is 406 g/mol. The van der Waals surface area contributed by atoms with E-state index in [9.17, 15) is 22.4 Å². The van der Waals surface area contributed by atoms with Gasteiger partial charge in [0.25, 0.3) is 5.56 Å². The van der Waals surface area contributed by atoms with Crippen molar-refractivity contribution in [3.05, 3.63) is 52.5 Å². The zero-order chi connectivity index (χ0) is 21.5. The largest absolute Gasteiger partial charge is 0.494 e. The van der Waals surface area contributed by atoms with Crippen LogP contribution in [0.5, 0.6) is 5.75 Å². The molecule has 0 spiro atoms. The smallest absolute Gasteiger partial charge is 0.431 e. The predicted octanol–water partition coefficient (Wildman–Crippen LogP) is 2.36. The van der Waals surface area contributed by atoms with Gasteiger partial charge in [-0.25, -0.2) is 14.4 Å². The van der Waals surface area contributed by atoms with Crippen molar-refractivity contribution in [2.75, 3.05) is 38.2 Å². The first kappa shape index (κ1) is 20.1. The van der Waals surface area contributed by atoms with Crippen LogP contribution in [0.4, 0.5) is 23.4 Å². The molecule has 11 heteroatoms. The molecule has 7 nitrogen and oxygen atoms in total. The highest BCUT2D eigenvalue weighted by Crippen LogP contribution is 2.36. The van der Waals surface area contributed by atoms with E-state index in [0.717, 1.165) is 18.5 Å². The van der Waals surface area contributed by atoms with Gasteiger partial charge in [0.2, 0.25) is 0 Å². The SMILES string of the molecule is COc1cccc(F)c1-n1c(C(F)(F)F)cc2c(N3CCNCC3)ncnc2c1=O. The molecule has 3 aromatic rings. The van der Waals surface area contributed by atoms with Crippen LogP contribution in [-0.4, -0.2) is 47.8 Å². The van der Waals surface area contributed by atoms with E-state index >= 15 is 0 Å². The zero-order valence-electron chi connectivity index (χ0n) is 15.8. The molecule has 0 amide bonds. The molecule has 0 bridgehead atoms. The fourth-order valence-corrected chi connectivity index (χ4v) is 3.54. The quantitative estimate of drug-likeness (QED) is 0.653. The van der Waals surface area contributed by atoms with Crippen LogP contribution in [-0.2, 0) is 6.18 Å². The Morgan fingerprint density at radius 3 is 2.57 bits per heavy atom. The van der Waals surface area contributed by atoms with Gasteiger partial charge in [-0.2, -0.15) is 13.2 Å². The number of fused-ring (bicyclic) bond motifs is 1. The molecule has 4 rings (SSSR count). The molecule has 2 aromatic heterocycles. The predicted molar refractivity (Wildman–Crippen MR) is 102 cm³/mol. The normalized spacial score (nSPS) is 14.9. The van der Waals surface area contributed by atoms with Crippen LogP contribution in [0.2, 0.25) is 0 Å². The lowest BCUT2D eigenvalue weighted by molar-refractivity contribution is -0.142. The summed E-state index contributed by atoms with van der Waals surface area (Å²) in [5, 5.41) is 3.10. The summed E-state index contributed by atoms with van der Waals surface area (Å²) in [6, 6.07) is 4.31. The molecule has 1 fully saturated rings. The maximum absolute atomic E-state index is 14.6. The third-order valence-electron chi connectivity index (χ3n) is 4.89. The third kappa shape index (κ3) is 3.34. The molecule has 1 aliphatic rings. The van der Waals surface area contributed by atoms with Crippen LogP contribution in [0.1, 0.15) is 5.69 Å². The maximum atomic E-state index is 14.6. The number of para-hydroxylation sites is 1. The Morgan fingerprint density at radius 1 is 1.17 bits per heavy atom. The number of alkyl halides is 3. The topological polar surface area (TPSA) is 72.3 Å². The Bertz CT molecular complexity index is 1160. The highest BCUT2D eigenvalue weighted by atomic mass is 19.4. The number of nitrogens with one attached hydrogen (secondary N) is 1. The fraction of sp³-hybridized carbons (Fsp3) is 0.316. The van der Waals surface area contributed by atoms with Gasteiger partial charge in [0.15, 0.2) is 5.82 Å². The standard InChI is InChI=1S/C19H17F4N5O2/c1-30-13-4-2-3-12(20)16(13)28-14(19(21,22)23)9-11-15(18(28)29)25-10-26-17(11)27-7-5-24-6-8-27/h2-4,9-10,24H,5-8H2,1H3. The molecule has 0 atom stereocenters. The second-order valence-electron chi connectivity index (χ2n) is 6.66. The summed E-state index contributed by atoms with van der Waals surface area (Å²) in [7, 11) is 1.18. The molecule has 0 unspecified atom stereocenters. The Kier molecular flexibility index (Phi) is 5.06. The molecule has 158 valence electrons. The Hall–Kier alpha value is -3.21. The lowest BCUT2D eigenvalue weighted by atomic mass is 10.1. The van der Waals surface area contributed by atoms with Crippen LogP contribution < -0.4 is 20.5 Å². The Balaban J connectivity index is 2.08. The summed E-state index contributed by atoms with van der Waals surface area (Å²) in [6.45, 7) is 2.28. The molecule has 1 saturated heterocycles. The number of benzene rings is 1. The first-order valence-corrected chi connectivity index (χ1v) is 9.09. The van der Waals surface area contributed by atoms with Crippen molar-refractivity contribution < 1.29 is 22.3 Å². The monoisotopic (exact) mass is 423 g/mol. The second-order valence-corrected chi connectivity index (χ2v) is 6.66. The van der Waals surface area contributed by atoms with Gasteiger partial charge in [0, 0.05) is 26.2 Å². The third-order valence-corrected chi connectivity index (χ3v) is 4.89. The molecule has 0 radical (unpaired) electrons. The summed E-state index contributed by atoms with van der Waals surface area (Å²) in [6.07, 6.45) is -3.82. The number of hydrogen-bond donors (Lipinski definition) is 1. The summed E-state index contributed by atoms with van der Waals surface area (Å²) < 4.78 is 61.9. The summed E-state index contributed by atoms with van der Waals surface area (Å²) in [4.78, 5) is 23.0. The average molecular weight is 423 g/mol. The number of rotatable bonds is 3. The van der Waals surface area contributed by atoms with Crippen LogP contribution in [0.25, 0.3) is 16.6 Å². The number of nitrogens with zero attached hydrogens (tertiary/aromatic N) is 4. The molecule has 0 saturated carbocycles. The van der Waals surface area contributed by atoms with E-state index < -0.39 is 28.9 Å². The second kappa shape index (κ2) is 7.56. The molecule has 0 aliphatic carbocycles. The minimum absolute atomic E-state index is 0.0386. The van der Waals surface area contributed by atoms with Gasteiger partial charge in [-0.3, -0.25) is 9.36 Å². The summed E-state index contributed by atoms with van der Waals surface area (Å²) >= 11 is 0. The minimum atomic E-state index is -4.95. The Labute approximate surface area is 167 Å². The van der Waals surface area contributed by atoms with Gasteiger partial charge >= 0.3 is 6.18 Å². The number of halogens is 4. The van der Waals surface area contributed by atoms with Crippen molar-refractivity contribution in [1.82, 2.24) is 19.9 Å². The maximum Gasteiger partial charge on any atom is 0.431 e. The van der Waals surface area contributed by atoms with E-state index in [1.807, 2.05) is 0 Å². The number of methoxy groups -OCH3 is 1. The number of anilines is 1. The van der Waals surface area contributed by atoms with E-state index in [4.69, 9.17) is 4.74 Å². The van der Waals surface area contributed by atoms with E-state index in [1.54, 1.807) is 4.90 Å². The number of pyridine rings is 1. The minimum Gasteiger partial charge on any atom is -0.494 e. The van der Waals surface area contributed by atoms with Gasteiger partial charge < -0.3 is 15.0 Å². The average Bonchev–Trinajstić information content (AvgIpc) is 2.73. The molecule has 1 N–H and O–H groups in total. The van der Waals surface area contributed by atoms with Gasteiger partial charge in [-0.05, 0) is 18.2 Å². The van der Waals surface area contributed by atoms with Gasteiger partial charge in [0.05, 0.1) is 12.5 Å². The molecule has 3 heterocycles. The summed E-state index contributed by atoms with van der Waals surface area (Å²) in [5.74, 6) is -1.01. The van der Waals surface area contributed by atoms with E-state index in [-0.39, 0.29) is 27.0 Å². The van der Waals surface area contributed by atoms with Crippen molar-refractivity contribution in [3.8, 4) is 11.4 Å². The van der Waals surface area contributed by atoms with Crippen molar-refractivity contribution in [2.45, 2.75) is 6.18 Å². The first-order valence-electron chi connectivity index (χ1n) is 9.09. The zero-order valence-corrected chi connectivity index (χ0v) is 15.8. The van der Waals surface area contributed by atoms with Crippen molar-refractivity contribution in [2.24, 2.45) is 0 Å². The van der Waals surface area contributed by atoms with E-state index in [0.29, 0.717) is 26.2 Å². The van der Waals surface area contributed by atoms with E-state index in [1.165, 1.54) is 19.2 Å². The number of aromatic nitrogens is 3. The molecule has 1 aliphatic heterocycles. The Morgan fingerprint density at radius 2 is 1.90 bits per heavy atom. The first-order chi connectivity index (χ1) is 14.3. The molecule has 1 aromatic carbocycles. The molecular formula is C19H17F4N5O2. The van der Waals surface area contributed by atoms with Crippen molar-refractivity contribution in [1.29, 1.82) is 0 Å². The van der Waals surface area contributed by atoms with Gasteiger partial charge in [-0.15, -0.1) is 0 Å². The number of hydrogen-bond acceptors (Lipinski definition) is 6. The van der Waals surface area contributed by atoms with Crippen LogP contribution in [0.15, 0.2) is 35.4 Å². The fourth-order valence-electron chi connectivity index (χ4n) is 3.54. The lowest BCUT2D eigenvalue weighted by Crippen LogP contribution is -2.44. The van der Waals surface area contributed by atoms with Crippen LogP contribution in [0.3, 0.4) is 0 Å². The van der Waals surface area contributed by atoms with Gasteiger partial charge in [0.1, 0.15) is 34.8 Å². The summed E-state index contributed by atoms with van der Waals surface area (Å²) in [5.41, 5.74) is -3.31. The van der Waals surface area contributed by atoms with Crippen LogP contribution >= 0.6 is 0 Å². The highest BCUT2D eigenvalue weighted by molar-refractivity contribution is 5.89. The van der Waals surface area contributed by atoms with Gasteiger partial charge in [-0.1, -0.05) is 6.07 Å². The van der Waals surface area contributed by atoms with Crippen molar-refractivity contribution >= 4 is 16.7 Å². The van der Waals surface area contributed by atoms with Crippen molar-refractivity contribution in [3.63, 3.8) is 0 Å². The molecule has 30 heavy (non-hydrogen) atoms. The highest BCUT2D eigenvalue weighted by Gasteiger charge is 2.38. The number of piperazine rings is 1. The van der Waals surface area contributed by atoms with E-state index in [2.05, 4.69) is 15.3 Å². The van der Waals surface area contributed by atoms with Crippen LogP contribution in [0, 0.1) is 5.82 Å².